The minimum atomic E-state index is -0.0625. The third-order valence-corrected chi connectivity index (χ3v) is 9.02. The lowest BCUT2D eigenvalue weighted by Gasteiger charge is -2.21. The van der Waals surface area contributed by atoms with Gasteiger partial charge in [-0.15, -0.1) is 0 Å². The van der Waals surface area contributed by atoms with Gasteiger partial charge in [0.05, 0.1) is 33.6 Å². The zero-order chi connectivity index (χ0) is 25.9. The fraction of sp³-hybridized carbons (Fsp3) is 0.143. The van der Waals surface area contributed by atoms with Gasteiger partial charge in [-0.05, 0) is 71.5 Å². The summed E-state index contributed by atoms with van der Waals surface area (Å²) in [7, 11) is 0. The predicted molar refractivity (Wildman–Crippen MR) is 160 cm³/mol. The molecule has 0 N–H and O–H groups in total. The van der Waals surface area contributed by atoms with Crippen LogP contribution in [-0.4, -0.2) is 18.9 Å². The van der Waals surface area contributed by atoms with E-state index in [0.717, 1.165) is 46.5 Å². The number of benzene rings is 4. The number of aromatic nitrogens is 4. The fourth-order valence-corrected chi connectivity index (χ4v) is 7.14. The predicted octanol–water partition coefficient (Wildman–Crippen LogP) is 8.25. The van der Waals surface area contributed by atoms with Crippen LogP contribution in [0.15, 0.2) is 91.3 Å². The summed E-state index contributed by atoms with van der Waals surface area (Å²) in [5.41, 5.74) is 13.2. The highest BCUT2D eigenvalue weighted by Gasteiger charge is 2.36. The van der Waals surface area contributed by atoms with Gasteiger partial charge in [0, 0.05) is 21.6 Å². The molecule has 0 saturated carbocycles. The SMILES string of the molecule is CC1(C)c2ccccc2-c2cc3c4ccccc4n(-c4cccc5c4ncn4c6c(nc54)CCC=C6)c3cc21. The van der Waals surface area contributed by atoms with Crippen molar-refractivity contribution in [3.63, 3.8) is 0 Å². The molecule has 3 heterocycles. The number of rotatable bonds is 1. The lowest BCUT2D eigenvalue weighted by molar-refractivity contribution is 0.661. The molecule has 0 radical (unpaired) electrons. The number of allylic oxidation sites excluding steroid dienone is 1. The Morgan fingerprint density at radius 1 is 0.769 bits per heavy atom. The lowest BCUT2D eigenvalue weighted by Crippen LogP contribution is -2.15. The van der Waals surface area contributed by atoms with Gasteiger partial charge in [-0.2, -0.15) is 0 Å². The van der Waals surface area contributed by atoms with Gasteiger partial charge in [0.1, 0.15) is 12.0 Å². The highest BCUT2D eigenvalue weighted by atomic mass is 15.1. The van der Waals surface area contributed by atoms with Crippen molar-refractivity contribution in [3.8, 4) is 16.8 Å². The normalized spacial score (nSPS) is 15.3. The van der Waals surface area contributed by atoms with Crippen LogP contribution in [-0.2, 0) is 11.8 Å². The van der Waals surface area contributed by atoms with E-state index in [1.807, 2.05) is 6.33 Å². The van der Waals surface area contributed by atoms with Crippen LogP contribution in [0, 0.1) is 0 Å². The maximum atomic E-state index is 5.08. The Kier molecular flexibility index (Phi) is 3.94. The molecular formula is C35H26N4. The molecule has 0 saturated heterocycles. The van der Waals surface area contributed by atoms with E-state index in [1.165, 1.54) is 44.1 Å². The van der Waals surface area contributed by atoms with Crippen molar-refractivity contribution < 1.29 is 0 Å². The van der Waals surface area contributed by atoms with Crippen LogP contribution in [0.3, 0.4) is 0 Å². The van der Waals surface area contributed by atoms with Crippen molar-refractivity contribution >= 4 is 44.4 Å². The molecule has 39 heavy (non-hydrogen) atoms. The standard InChI is InChI=1S/C35H26N4/c1-35(2)26-13-5-3-10-21(26)24-18-25-22-11-4-7-15-29(22)39(32(25)19-27(24)35)31-17-9-12-23-33(31)36-20-38-30-16-8-6-14-28(30)37-34(23)38/h3-5,7-13,15-20H,6,14H2,1-2H3. The number of hydrogen-bond donors (Lipinski definition) is 0. The van der Waals surface area contributed by atoms with E-state index in [4.69, 9.17) is 9.97 Å². The second kappa shape index (κ2) is 7.23. The van der Waals surface area contributed by atoms with Crippen LogP contribution in [0.5, 0.6) is 0 Å². The minimum absolute atomic E-state index is 0.0625. The fourth-order valence-electron chi connectivity index (χ4n) is 7.14. The molecular weight excluding hydrogens is 476 g/mol. The van der Waals surface area contributed by atoms with E-state index in [-0.39, 0.29) is 5.41 Å². The molecule has 186 valence electrons. The van der Waals surface area contributed by atoms with Gasteiger partial charge in [0.25, 0.3) is 0 Å². The van der Waals surface area contributed by atoms with Crippen LogP contribution in [0.25, 0.3) is 61.2 Å². The molecule has 2 aliphatic rings. The van der Waals surface area contributed by atoms with Crippen molar-refractivity contribution in [1.82, 2.24) is 18.9 Å². The average Bonchev–Trinajstić information content (AvgIpc) is 3.58. The molecule has 0 unspecified atom stereocenters. The first-order chi connectivity index (χ1) is 19.1. The summed E-state index contributed by atoms with van der Waals surface area (Å²) in [4.78, 5) is 10.1. The molecule has 9 rings (SSSR count). The Morgan fingerprint density at radius 2 is 1.62 bits per heavy atom. The lowest BCUT2D eigenvalue weighted by atomic mass is 9.82. The Labute approximate surface area is 225 Å². The molecule has 0 amide bonds. The van der Waals surface area contributed by atoms with Crippen LogP contribution in [0.4, 0.5) is 0 Å². The Hall–Kier alpha value is -4.70. The van der Waals surface area contributed by atoms with Crippen molar-refractivity contribution in [2.75, 3.05) is 0 Å². The first-order valence-electron chi connectivity index (χ1n) is 13.7. The summed E-state index contributed by atoms with van der Waals surface area (Å²) < 4.78 is 4.56. The van der Waals surface area contributed by atoms with E-state index in [2.05, 4.69) is 114 Å². The summed E-state index contributed by atoms with van der Waals surface area (Å²) in [6, 6.07) is 29.0. The minimum Gasteiger partial charge on any atom is -0.307 e. The summed E-state index contributed by atoms with van der Waals surface area (Å²) in [5.74, 6) is 0. The zero-order valence-corrected chi connectivity index (χ0v) is 21.9. The monoisotopic (exact) mass is 502 g/mol. The second-order valence-corrected chi connectivity index (χ2v) is 11.4. The van der Waals surface area contributed by atoms with Gasteiger partial charge in [0.15, 0.2) is 0 Å². The van der Waals surface area contributed by atoms with Crippen molar-refractivity contribution in [2.24, 2.45) is 0 Å². The van der Waals surface area contributed by atoms with Crippen molar-refractivity contribution in [1.29, 1.82) is 0 Å². The largest absolute Gasteiger partial charge is 0.307 e. The van der Waals surface area contributed by atoms with E-state index < -0.39 is 0 Å². The van der Waals surface area contributed by atoms with Crippen molar-refractivity contribution in [3.05, 3.63) is 114 Å². The Balaban J connectivity index is 1.39. The number of hydrogen-bond acceptors (Lipinski definition) is 2. The molecule has 0 bridgehead atoms. The van der Waals surface area contributed by atoms with Crippen LogP contribution in [0.2, 0.25) is 0 Å². The van der Waals surface area contributed by atoms with Crippen molar-refractivity contribution in [2.45, 2.75) is 32.1 Å². The highest BCUT2D eigenvalue weighted by Crippen LogP contribution is 2.51. The number of nitrogens with zero attached hydrogens (tertiary/aromatic N) is 4. The van der Waals surface area contributed by atoms with Crippen LogP contribution < -0.4 is 0 Å². The molecule has 0 spiro atoms. The van der Waals surface area contributed by atoms with Gasteiger partial charge in [-0.25, -0.2) is 9.97 Å². The molecule has 4 nitrogen and oxygen atoms in total. The Morgan fingerprint density at radius 3 is 2.56 bits per heavy atom. The third kappa shape index (κ3) is 2.63. The van der Waals surface area contributed by atoms with Gasteiger partial charge < -0.3 is 4.57 Å². The van der Waals surface area contributed by atoms with Gasteiger partial charge >= 0.3 is 0 Å². The highest BCUT2D eigenvalue weighted by molar-refractivity contribution is 6.13. The van der Waals surface area contributed by atoms with E-state index in [1.54, 1.807) is 0 Å². The first kappa shape index (κ1) is 21.3. The quantitative estimate of drug-likeness (QED) is 0.227. The first-order valence-corrected chi connectivity index (χ1v) is 13.7. The molecule has 0 atom stereocenters. The summed E-state index contributed by atoms with van der Waals surface area (Å²) in [6.07, 6.45) is 8.38. The van der Waals surface area contributed by atoms with E-state index >= 15 is 0 Å². The maximum Gasteiger partial charge on any atom is 0.148 e. The van der Waals surface area contributed by atoms with E-state index in [0.29, 0.717) is 0 Å². The molecule has 4 aromatic carbocycles. The second-order valence-electron chi connectivity index (χ2n) is 11.4. The summed E-state index contributed by atoms with van der Waals surface area (Å²) in [5, 5.41) is 3.62. The molecule has 0 fully saturated rings. The van der Waals surface area contributed by atoms with Gasteiger partial charge in [0.2, 0.25) is 0 Å². The van der Waals surface area contributed by atoms with Gasteiger partial charge in [-0.3, -0.25) is 4.40 Å². The van der Waals surface area contributed by atoms with Gasteiger partial charge in [-0.1, -0.05) is 68.5 Å². The van der Waals surface area contributed by atoms with E-state index in [9.17, 15) is 0 Å². The number of fused-ring (bicyclic) bond motifs is 11. The molecule has 7 aromatic rings. The maximum absolute atomic E-state index is 5.08. The number of aryl methyl sites for hydroxylation is 1. The third-order valence-electron chi connectivity index (χ3n) is 9.02. The molecule has 2 aliphatic carbocycles. The summed E-state index contributed by atoms with van der Waals surface area (Å²) >= 11 is 0. The number of para-hydroxylation sites is 2. The smallest absolute Gasteiger partial charge is 0.148 e. The molecule has 3 aromatic heterocycles. The van der Waals surface area contributed by atoms with Crippen LogP contribution >= 0.6 is 0 Å². The Bertz CT molecular complexity index is 2210. The topological polar surface area (TPSA) is 35.1 Å². The molecule has 0 aliphatic heterocycles. The molecule has 4 heteroatoms. The average molecular weight is 503 g/mol. The summed E-state index contributed by atoms with van der Waals surface area (Å²) in [6.45, 7) is 4.70. The number of imidazole rings is 1. The van der Waals surface area contributed by atoms with Crippen LogP contribution in [0.1, 0.15) is 42.8 Å². The zero-order valence-electron chi connectivity index (χ0n) is 21.9.